The van der Waals surface area contributed by atoms with Crippen molar-refractivity contribution in [3.63, 3.8) is 0 Å². The number of rotatable bonds is 8. The Bertz CT molecular complexity index is 1170. The van der Waals surface area contributed by atoms with Crippen LogP contribution in [0.2, 0.25) is 0 Å². The van der Waals surface area contributed by atoms with Gasteiger partial charge in [0, 0.05) is 16.9 Å². The summed E-state index contributed by atoms with van der Waals surface area (Å²) in [6, 6.07) is 14.9. The van der Waals surface area contributed by atoms with Crippen LogP contribution in [-0.2, 0) is 10.0 Å². The SMILES string of the molecule is CCCOc1ccc(C(=O)Nc2ccc(NS(=O)(=O)c3ccc(F)c(F)c3)cc2)cc1. The first-order chi connectivity index (χ1) is 14.8. The van der Waals surface area contributed by atoms with Crippen LogP contribution < -0.4 is 14.8 Å². The topological polar surface area (TPSA) is 84.5 Å². The smallest absolute Gasteiger partial charge is 0.261 e. The Kier molecular flexibility index (Phi) is 6.86. The highest BCUT2D eigenvalue weighted by Crippen LogP contribution is 2.21. The van der Waals surface area contributed by atoms with Gasteiger partial charge in [-0.2, -0.15) is 0 Å². The van der Waals surface area contributed by atoms with E-state index in [1.165, 1.54) is 24.3 Å². The van der Waals surface area contributed by atoms with Crippen LogP contribution in [0.4, 0.5) is 20.2 Å². The molecule has 3 rings (SSSR count). The largest absolute Gasteiger partial charge is 0.494 e. The van der Waals surface area contributed by atoms with Gasteiger partial charge in [-0.3, -0.25) is 9.52 Å². The van der Waals surface area contributed by atoms with Crippen molar-refractivity contribution < 1.29 is 26.7 Å². The van der Waals surface area contributed by atoms with E-state index in [4.69, 9.17) is 4.74 Å². The number of benzene rings is 3. The van der Waals surface area contributed by atoms with Crippen LogP contribution >= 0.6 is 0 Å². The molecule has 0 atom stereocenters. The molecule has 0 heterocycles. The quantitative estimate of drug-likeness (QED) is 0.520. The van der Waals surface area contributed by atoms with Crippen LogP contribution in [0.3, 0.4) is 0 Å². The van der Waals surface area contributed by atoms with Crippen LogP contribution in [0.25, 0.3) is 0 Å². The number of ether oxygens (including phenoxy) is 1. The lowest BCUT2D eigenvalue weighted by atomic mass is 10.2. The maximum atomic E-state index is 13.3. The Balaban J connectivity index is 1.64. The van der Waals surface area contributed by atoms with Crippen LogP contribution in [0, 0.1) is 11.6 Å². The molecule has 0 aromatic heterocycles. The van der Waals surface area contributed by atoms with E-state index in [1.807, 2.05) is 6.92 Å². The van der Waals surface area contributed by atoms with Crippen LogP contribution in [0.5, 0.6) is 5.75 Å². The minimum absolute atomic E-state index is 0.195. The Hall–Kier alpha value is -3.46. The number of halogens is 2. The van der Waals surface area contributed by atoms with Gasteiger partial charge >= 0.3 is 0 Å². The normalized spacial score (nSPS) is 11.1. The van der Waals surface area contributed by atoms with Crippen LogP contribution in [-0.4, -0.2) is 20.9 Å². The Morgan fingerprint density at radius 2 is 1.55 bits per heavy atom. The molecule has 162 valence electrons. The van der Waals surface area contributed by atoms with Gasteiger partial charge in [-0.1, -0.05) is 6.92 Å². The Morgan fingerprint density at radius 3 is 2.16 bits per heavy atom. The molecular weight excluding hydrogens is 426 g/mol. The Morgan fingerprint density at radius 1 is 0.903 bits per heavy atom. The predicted octanol–water partition coefficient (Wildman–Crippen LogP) is 4.81. The molecule has 2 N–H and O–H groups in total. The second kappa shape index (κ2) is 9.57. The molecule has 9 heteroatoms. The highest BCUT2D eigenvalue weighted by Gasteiger charge is 2.17. The van der Waals surface area contributed by atoms with Gasteiger partial charge in [0.25, 0.3) is 15.9 Å². The van der Waals surface area contributed by atoms with E-state index in [0.717, 1.165) is 18.6 Å². The fourth-order valence-corrected chi connectivity index (χ4v) is 3.68. The van der Waals surface area contributed by atoms with Gasteiger partial charge in [-0.15, -0.1) is 0 Å². The maximum absolute atomic E-state index is 13.3. The summed E-state index contributed by atoms with van der Waals surface area (Å²) in [5.74, 6) is -2.05. The Labute approximate surface area is 178 Å². The molecule has 0 spiro atoms. The van der Waals surface area contributed by atoms with Gasteiger partial charge in [0.15, 0.2) is 11.6 Å². The number of sulfonamides is 1. The lowest BCUT2D eigenvalue weighted by Gasteiger charge is -2.10. The zero-order chi connectivity index (χ0) is 22.4. The second-order valence-electron chi connectivity index (χ2n) is 6.59. The van der Waals surface area contributed by atoms with E-state index < -0.39 is 26.6 Å². The molecule has 1 amide bonds. The molecule has 0 unspecified atom stereocenters. The summed E-state index contributed by atoms with van der Waals surface area (Å²) in [4.78, 5) is 12.0. The van der Waals surface area contributed by atoms with Gasteiger partial charge in [0.05, 0.1) is 11.5 Å². The van der Waals surface area contributed by atoms with Crippen molar-refractivity contribution >= 4 is 27.3 Å². The molecular formula is C22H20F2N2O4S. The molecule has 0 fully saturated rings. The third-order valence-corrected chi connectivity index (χ3v) is 5.56. The van der Waals surface area contributed by atoms with Gasteiger partial charge < -0.3 is 10.1 Å². The summed E-state index contributed by atoms with van der Waals surface area (Å²) < 4.78 is 58.8. The van der Waals surface area contributed by atoms with Gasteiger partial charge in [-0.25, -0.2) is 17.2 Å². The molecule has 0 saturated carbocycles. The third-order valence-electron chi connectivity index (χ3n) is 4.19. The maximum Gasteiger partial charge on any atom is 0.261 e. The van der Waals surface area contributed by atoms with E-state index >= 15 is 0 Å². The fourth-order valence-electron chi connectivity index (χ4n) is 2.61. The van der Waals surface area contributed by atoms with Crippen molar-refractivity contribution in [3.05, 3.63) is 83.9 Å². The summed E-state index contributed by atoms with van der Waals surface area (Å²) in [5.41, 5.74) is 1.08. The van der Waals surface area contributed by atoms with Crippen molar-refractivity contribution in [2.24, 2.45) is 0 Å². The van der Waals surface area contributed by atoms with E-state index in [-0.39, 0.29) is 11.6 Å². The van der Waals surface area contributed by atoms with Crippen molar-refractivity contribution in [2.75, 3.05) is 16.6 Å². The number of carbonyl (C=O) groups excluding carboxylic acids is 1. The minimum atomic E-state index is -4.10. The summed E-state index contributed by atoms with van der Waals surface area (Å²) in [7, 11) is -4.10. The summed E-state index contributed by atoms with van der Waals surface area (Å²) in [5, 5.41) is 2.71. The van der Waals surface area contributed by atoms with E-state index in [0.29, 0.717) is 29.7 Å². The predicted molar refractivity (Wildman–Crippen MR) is 114 cm³/mol. The van der Waals surface area contributed by atoms with Gasteiger partial charge in [-0.05, 0) is 73.2 Å². The molecule has 0 aliphatic carbocycles. The fraction of sp³-hybridized carbons (Fsp3) is 0.136. The summed E-state index contributed by atoms with van der Waals surface area (Å²) in [6.45, 7) is 2.60. The minimum Gasteiger partial charge on any atom is -0.494 e. The van der Waals surface area contributed by atoms with E-state index in [1.54, 1.807) is 24.3 Å². The van der Waals surface area contributed by atoms with E-state index in [9.17, 15) is 22.0 Å². The second-order valence-corrected chi connectivity index (χ2v) is 8.27. The molecule has 0 saturated heterocycles. The molecule has 3 aromatic rings. The number of carbonyl (C=O) groups is 1. The van der Waals surface area contributed by atoms with Crippen molar-refractivity contribution in [3.8, 4) is 5.75 Å². The van der Waals surface area contributed by atoms with Crippen molar-refractivity contribution in [2.45, 2.75) is 18.2 Å². The molecule has 3 aromatic carbocycles. The summed E-state index contributed by atoms with van der Waals surface area (Å²) in [6.07, 6.45) is 0.884. The summed E-state index contributed by atoms with van der Waals surface area (Å²) >= 11 is 0. The lowest BCUT2D eigenvalue weighted by molar-refractivity contribution is 0.102. The standard InChI is InChI=1S/C22H20F2N2O4S/c1-2-13-30-18-9-3-15(4-10-18)22(27)25-16-5-7-17(8-6-16)26-31(28,29)19-11-12-20(23)21(24)14-19/h3-12,14,26H,2,13H2,1H3,(H,25,27). The number of amides is 1. The zero-order valence-corrected chi connectivity index (χ0v) is 17.4. The zero-order valence-electron chi connectivity index (χ0n) is 16.6. The van der Waals surface area contributed by atoms with Crippen LogP contribution in [0.15, 0.2) is 71.6 Å². The van der Waals surface area contributed by atoms with Crippen LogP contribution in [0.1, 0.15) is 23.7 Å². The van der Waals surface area contributed by atoms with Gasteiger partial charge in [0.1, 0.15) is 5.75 Å². The first-order valence-corrected chi connectivity index (χ1v) is 10.9. The molecule has 0 radical (unpaired) electrons. The van der Waals surface area contributed by atoms with Crippen molar-refractivity contribution in [1.29, 1.82) is 0 Å². The molecule has 0 aliphatic rings. The molecule has 0 bridgehead atoms. The average molecular weight is 446 g/mol. The number of hydrogen-bond acceptors (Lipinski definition) is 4. The highest BCUT2D eigenvalue weighted by atomic mass is 32.2. The molecule has 6 nitrogen and oxygen atoms in total. The first-order valence-electron chi connectivity index (χ1n) is 9.40. The van der Waals surface area contributed by atoms with Crippen molar-refractivity contribution in [1.82, 2.24) is 0 Å². The number of hydrogen-bond donors (Lipinski definition) is 2. The highest BCUT2D eigenvalue weighted by molar-refractivity contribution is 7.92. The first kappa shape index (κ1) is 22.2. The lowest BCUT2D eigenvalue weighted by Crippen LogP contribution is -2.14. The molecule has 31 heavy (non-hydrogen) atoms. The third kappa shape index (κ3) is 5.79. The average Bonchev–Trinajstić information content (AvgIpc) is 2.75. The number of anilines is 2. The monoisotopic (exact) mass is 446 g/mol. The van der Waals surface area contributed by atoms with Gasteiger partial charge in [0.2, 0.25) is 0 Å². The number of nitrogens with one attached hydrogen (secondary N) is 2. The van der Waals surface area contributed by atoms with E-state index in [2.05, 4.69) is 10.0 Å². The molecule has 0 aliphatic heterocycles.